The monoisotopic (exact) mass is 240 g/mol. The molecule has 0 amide bonds. The molecular formula is C14H28N2O. The van der Waals surface area contributed by atoms with Crippen molar-refractivity contribution in [1.82, 2.24) is 10.2 Å². The van der Waals surface area contributed by atoms with Gasteiger partial charge in [-0.3, -0.25) is 4.90 Å². The summed E-state index contributed by atoms with van der Waals surface area (Å²) in [7, 11) is 3.90. The number of hydrogen-bond donors (Lipinski definition) is 1. The van der Waals surface area contributed by atoms with Crippen LogP contribution < -0.4 is 5.32 Å². The van der Waals surface area contributed by atoms with E-state index >= 15 is 0 Å². The van der Waals surface area contributed by atoms with Crippen LogP contribution in [0.15, 0.2) is 0 Å². The van der Waals surface area contributed by atoms with Crippen LogP contribution in [-0.4, -0.2) is 51.3 Å². The second kappa shape index (κ2) is 6.17. The fourth-order valence-electron chi connectivity index (χ4n) is 3.36. The van der Waals surface area contributed by atoms with Crippen molar-refractivity contribution in [2.45, 2.75) is 44.6 Å². The summed E-state index contributed by atoms with van der Waals surface area (Å²) in [5, 5.41) is 3.41. The van der Waals surface area contributed by atoms with E-state index in [2.05, 4.69) is 17.3 Å². The number of rotatable bonds is 8. The smallest absolute Gasteiger partial charge is 0.0589 e. The standard InChI is InChI=1S/C14H28N2O/c1-15-11-14(7-3-4-8-14)12-16(9-10-17-2)13-5-6-13/h13,15H,3-12H2,1-2H3. The van der Waals surface area contributed by atoms with Gasteiger partial charge in [0.1, 0.15) is 0 Å². The predicted molar refractivity (Wildman–Crippen MR) is 71.3 cm³/mol. The van der Waals surface area contributed by atoms with E-state index in [4.69, 9.17) is 4.74 Å². The summed E-state index contributed by atoms with van der Waals surface area (Å²) in [6.45, 7) is 4.46. The van der Waals surface area contributed by atoms with Crippen molar-refractivity contribution in [3.05, 3.63) is 0 Å². The lowest BCUT2D eigenvalue weighted by Crippen LogP contribution is -2.44. The lowest BCUT2D eigenvalue weighted by Gasteiger charge is -2.35. The number of nitrogens with zero attached hydrogens (tertiary/aromatic N) is 1. The lowest BCUT2D eigenvalue weighted by atomic mass is 9.85. The van der Waals surface area contributed by atoms with E-state index in [0.29, 0.717) is 5.41 Å². The molecule has 2 aliphatic carbocycles. The topological polar surface area (TPSA) is 24.5 Å². The van der Waals surface area contributed by atoms with Crippen molar-refractivity contribution in [2.75, 3.05) is 40.4 Å². The first-order chi connectivity index (χ1) is 8.29. The highest BCUT2D eigenvalue weighted by Gasteiger charge is 2.38. The zero-order valence-corrected chi connectivity index (χ0v) is 11.5. The SMILES string of the molecule is CNCC1(CN(CCOC)C2CC2)CCCC1. The van der Waals surface area contributed by atoms with Crippen LogP contribution in [0, 0.1) is 5.41 Å². The third-order valence-electron chi connectivity index (χ3n) is 4.40. The second-order valence-corrected chi connectivity index (χ2v) is 5.93. The van der Waals surface area contributed by atoms with Crippen molar-refractivity contribution >= 4 is 0 Å². The van der Waals surface area contributed by atoms with Gasteiger partial charge in [0.2, 0.25) is 0 Å². The van der Waals surface area contributed by atoms with Crippen LogP contribution in [0.4, 0.5) is 0 Å². The maximum Gasteiger partial charge on any atom is 0.0589 e. The maximum absolute atomic E-state index is 5.25. The van der Waals surface area contributed by atoms with Crippen LogP contribution in [0.25, 0.3) is 0 Å². The van der Waals surface area contributed by atoms with Gasteiger partial charge in [-0.05, 0) is 38.1 Å². The molecular weight excluding hydrogens is 212 g/mol. The van der Waals surface area contributed by atoms with Crippen molar-refractivity contribution in [3.63, 3.8) is 0 Å². The fourth-order valence-corrected chi connectivity index (χ4v) is 3.36. The van der Waals surface area contributed by atoms with E-state index in [0.717, 1.165) is 19.2 Å². The first kappa shape index (κ1) is 13.3. The van der Waals surface area contributed by atoms with Gasteiger partial charge in [-0.2, -0.15) is 0 Å². The fraction of sp³-hybridized carbons (Fsp3) is 1.00. The third kappa shape index (κ3) is 3.67. The highest BCUT2D eigenvalue weighted by atomic mass is 16.5. The van der Waals surface area contributed by atoms with Gasteiger partial charge < -0.3 is 10.1 Å². The first-order valence-corrected chi connectivity index (χ1v) is 7.17. The van der Waals surface area contributed by atoms with Crippen molar-refractivity contribution in [3.8, 4) is 0 Å². The molecule has 3 nitrogen and oxygen atoms in total. The highest BCUT2D eigenvalue weighted by molar-refractivity contribution is 4.93. The molecule has 0 aromatic rings. The van der Waals surface area contributed by atoms with Crippen LogP contribution in [0.2, 0.25) is 0 Å². The summed E-state index contributed by atoms with van der Waals surface area (Å²) in [6, 6.07) is 0.861. The van der Waals surface area contributed by atoms with Gasteiger partial charge in [0, 0.05) is 32.8 Å². The lowest BCUT2D eigenvalue weighted by molar-refractivity contribution is 0.101. The molecule has 0 aromatic heterocycles. The van der Waals surface area contributed by atoms with Gasteiger partial charge in [-0.15, -0.1) is 0 Å². The van der Waals surface area contributed by atoms with E-state index in [-0.39, 0.29) is 0 Å². The molecule has 2 aliphatic rings. The summed E-state index contributed by atoms with van der Waals surface area (Å²) in [4.78, 5) is 2.69. The molecule has 0 radical (unpaired) electrons. The average molecular weight is 240 g/mol. The Morgan fingerprint density at radius 2 is 2.00 bits per heavy atom. The average Bonchev–Trinajstić information content (AvgIpc) is 3.07. The largest absolute Gasteiger partial charge is 0.383 e. The third-order valence-corrected chi connectivity index (χ3v) is 4.40. The molecule has 0 unspecified atom stereocenters. The predicted octanol–water partition coefficient (Wildman–Crippen LogP) is 1.88. The molecule has 0 aromatic carbocycles. The minimum atomic E-state index is 0.547. The van der Waals surface area contributed by atoms with E-state index < -0.39 is 0 Å². The van der Waals surface area contributed by atoms with Crippen LogP contribution in [0.1, 0.15) is 38.5 Å². The van der Waals surface area contributed by atoms with E-state index in [1.54, 1.807) is 0 Å². The van der Waals surface area contributed by atoms with Gasteiger partial charge in [-0.1, -0.05) is 12.8 Å². The summed E-state index contributed by atoms with van der Waals surface area (Å²) in [6.07, 6.45) is 8.46. The summed E-state index contributed by atoms with van der Waals surface area (Å²) >= 11 is 0. The Kier molecular flexibility index (Phi) is 4.83. The molecule has 0 saturated heterocycles. The molecule has 17 heavy (non-hydrogen) atoms. The maximum atomic E-state index is 5.25. The Bertz CT molecular complexity index is 222. The van der Waals surface area contributed by atoms with Gasteiger partial charge in [0.05, 0.1) is 6.61 Å². The van der Waals surface area contributed by atoms with Crippen molar-refractivity contribution < 1.29 is 4.74 Å². The van der Waals surface area contributed by atoms with Crippen LogP contribution in [-0.2, 0) is 4.74 Å². The van der Waals surface area contributed by atoms with Gasteiger partial charge in [-0.25, -0.2) is 0 Å². The molecule has 100 valence electrons. The zero-order chi connectivity index (χ0) is 12.1. The Balaban J connectivity index is 1.89. The van der Waals surface area contributed by atoms with Crippen LogP contribution in [0.3, 0.4) is 0 Å². The Morgan fingerprint density at radius 3 is 2.53 bits per heavy atom. The quantitative estimate of drug-likeness (QED) is 0.701. The number of nitrogens with one attached hydrogen (secondary N) is 1. The zero-order valence-electron chi connectivity index (χ0n) is 11.5. The highest BCUT2D eigenvalue weighted by Crippen LogP contribution is 2.40. The number of ether oxygens (including phenoxy) is 1. The van der Waals surface area contributed by atoms with Crippen LogP contribution in [0.5, 0.6) is 0 Å². The van der Waals surface area contributed by atoms with E-state index in [1.807, 2.05) is 7.11 Å². The molecule has 0 atom stereocenters. The van der Waals surface area contributed by atoms with Crippen LogP contribution >= 0.6 is 0 Å². The van der Waals surface area contributed by atoms with Gasteiger partial charge in [0.15, 0.2) is 0 Å². The molecule has 2 rings (SSSR count). The molecule has 2 saturated carbocycles. The number of hydrogen-bond acceptors (Lipinski definition) is 3. The van der Waals surface area contributed by atoms with Gasteiger partial charge in [0.25, 0.3) is 0 Å². The summed E-state index contributed by atoms with van der Waals surface area (Å²) < 4.78 is 5.25. The van der Waals surface area contributed by atoms with E-state index in [9.17, 15) is 0 Å². The molecule has 1 N–H and O–H groups in total. The Morgan fingerprint density at radius 1 is 1.29 bits per heavy atom. The Hall–Kier alpha value is -0.120. The second-order valence-electron chi connectivity index (χ2n) is 5.93. The minimum Gasteiger partial charge on any atom is -0.383 e. The molecule has 2 fully saturated rings. The molecule has 0 spiro atoms. The molecule has 3 heteroatoms. The molecule has 0 aliphatic heterocycles. The van der Waals surface area contributed by atoms with E-state index in [1.165, 1.54) is 51.6 Å². The van der Waals surface area contributed by atoms with Crippen molar-refractivity contribution in [1.29, 1.82) is 0 Å². The van der Waals surface area contributed by atoms with Crippen molar-refractivity contribution in [2.24, 2.45) is 5.41 Å². The first-order valence-electron chi connectivity index (χ1n) is 7.17. The minimum absolute atomic E-state index is 0.547. The number of methoxy groups -OCH3 is 1. The Labute approximate surface area is 106 Å². The molecule has 0 bridgehead atoms. The normalized spacial score (nSPS) is 23.5. The molecule has 0 heterocycles. The van der Waals surface area contributed by atoms with Gasteiger partial charge >= 0.3 is 0 Å². The summed E-state index contributed by atoms with van der Waals surface area (Å²) in [5.74, 6) is 0. The summed E-state index contributed by atoms with van der Waals surface area (Å²) in [5.41, 5.74) is 0.547.